The van der Waals surface area contributed by atoms with Crippen molar-refractivity contribution in [3.05, 3.63) is 42.0 Å². The van der Waals surface area contributed by atoms with E-state index in [-0.39, 0.29) is 35.0 Å². The maximum Gasteiger partial charge on any atom is 0.247 e. The second-order valence-electron chi connectivity index (χ2n) is 8.19. The zero-order chi connectivity index (χ0) is 19.1. The molecule has 3 atom stereocenters. The largest absolute Gasteiger partial charge is 0.324 e. The zero-order valence-corrected chi connectivity index (χ0v) is 15.8. The van der Waals surface area contributed by atoms with Crippen LogP contribution in [0.5, 0.6) is 0 Å². The summed E-state index contributed by atoms with van der Waals surface area (Å²) in [6, 6.07) is 6.84. The quantitative estimate of drug-likeness (QED) is 0.669. The van der Waals surface area contributed by atoms with Crippen LogP contribution in [0.4, 0.5) is 5.69 Å². The fraction of sp³-hybridized carbons (Fsp3) is 0.476. The van der Waals surface area contributed by atoms with Crippen LogP contribution in [0.15, 0.2) is 36.4 Å². The van der Waals surface area contributed by atoms with Crippen LogP contribution < -0.4 is 5.32 Å². The highest BCUT2D eigenvalue weighted by atomic mass is 16.2. The maximum absolute atomic E-state index is 12.6. The van der Waals surface area contributed by atoms with Crippen molar-refractivity contribution in [1.82, 2.24) is 4.90 Å². The Kier molecular flexibility index (Phi) is 4.74. The molecule has 5 nitrogen and oxygen atoms in total. The summed E-state index contributed by atoms with van der Waals surface area (Å²) >= 11 is 0. The van der Waals surface area contributed by atoms with E-state index in [9.17, 15) is 14.4 Å². The van der Waals surface area contributed by atoms with Gasteiger partial charge in [0.25, 0.3) is 0 Å². The van der Waals surface area contributed by atoms with Gasteiger partial charge >= 0.3 is 0 Å². The molecule has 0 saturated carbocycles. The summed E-state index contributed by atoms with van der Waals surface area (Å²) in [6.45, 7) is 7.99. The van der Waals surface area contributed by atoms with Gasteiger partial charge in [-0.3, -0.25) is 19.3 Å². The van der Waals surface area contributed by atoms with Crippen molar-refractivity contribution in [3.63, 3.8) is 0 Å². The first-order valence-electron chi connectivity index (χ1n) is 9.13. The monoisotopic (exact) mass is 354 g/mol. The Morgan fingerprint density at radius 3 is 2.00 bits per heavy atom. The number of hydrogen-bond acceptors (Lipinski definition) is 3. The van der Waals surface area contributed by atoms with E-state index in [1.165, 1.54) is 5.56 Å². The van der Waals surface area contributed by atoms with Crippen molar-refractivity contribution in [1.29, 1.82) is 0 Å². The van der Waals surface area contributed by atoms with Gasteiger partial charge in [-0.05, 0) is 42.9 Å². The second kappa shape index (κ2) is 6.71. The molecule has 1 aromatic carbocycles. The number of nitrogens with one attached hydrogen (secondary N) is 1. The SMILES string of the molecule is C[C@@H](C(=O)Nc1ccc(C(C)(C)C)cc1)N1C(=O)[C@@H]2CC=CC[C@H]2C1=O. The zero-order valence-electron chi connectivity index (χ0n) is 15.8. The molecular weight excluding hydrogens is 328 g/mol. The molecule has 1 heterocycles. The molecule has 0 aromatic heterocycles. The number of rotatable bonds is 3. The molecule has 0 radical (unpaired) electrons. The molecule has 1 aliphatic carbocycles. The predicted octanol–water partition coefficient (Wildman–Crippen LogP) is 3.26. The van der Waals surface area contributed by atoms with Gasteiger partial charge in [-0.1, -0.05) is 45.1 Å². The first-order chi connectivity index (χ1) is 12.2. The average molecular weight is 354 g/mol. The minimum Gasteiger partial charge on any atom is -0.324 e. The van der Waals surface area contributed by atoms with Crippen LogP contribution in [0.25, 0.3) is 0 Å². The molecule has 1 saturated heterocycles. The Balaban J connectivity index is 1.70. The van der Waals surface area contributed by atoms with Gasteiger partial charge in [-0.2, -0.15) is 0 Å². The molecule has 5 heteroatoms. The van der Waals surface area contributed by atoms with E-state index in [0.717, 1.165) is 4.90 Å². The number of benzene rings is 1. The molecule has 138 valence electrons. The fourth-order valence-electron chi connectivity index (χ4n) is 3.63. The first kappa shape index (κ1) is 18.4. The van der Waals surface area contributed by atoms with Gasteiger partial charge in [0.05, 0.1) is 11.8 Å². The van der Waals surface area contributed by atoms with Crippen LogP contribution >= 0.6 is 0 Å². The van der Waals surface area contributed by atoms with Gasteiger partial charge in [0.1, 0.15) is 6.04 Å². The maximum atomic E-state index is 12.6. The number of nitrogens with zero attached hydrogens (tertiary/aromatic N) is 1. The molecule has 0 unspecified atom stereocenters. The number of hydrogen-bond donors (Lipinski definition) is 1. The highest BCUT2D eigenvalue weighted by Crippen LogP contribution is 2.36. The lowest BCUT2D eigenvalue weighted by atomic mass is 9.85. The van der Waals surface area contributed by atoms with Crippen molar-refractivity contribution in [2.24, 2.45) is 11.8 Å². The molecule has 1 aliphatic heterocycles. The van der Waals surface area contributed by atoms with Crippen molar-refractivity contribution in [2.45, 2.75) is 52.0 Å². The average Bonchev–Trinajstić information content (AvgIpc) is 2.85. The van der Waals surface area contributed by atoms with Gasteiger partial charge in [0.15, 0.2) is 0 Å². The number of carbonyl (C=O) groups is 3. The lowest BCUT2D eigenvalue weighted by molar-refractivity contribution is -0.146. The first-order valence-corrected chi connectivity index (χ1v) is 9.13. The van der Waals surface area contributed by atoms with Crippen molar-refractivity contribution >= 4 is 23.4 Å². The number of likely N-dealkylation sites (tertiary alicyclic amines) is 1. The minimum atomic E-state index is -0.817. The number of imide groups is 1. The van der Waals surface area contributed by atoms with Crippen LogP contribution in [-0.4, -0.2) is 28.7 Å². The Morgan fingerprint density at radius 1 is 1.04 bits per heavy atom. The van der Waals surface area contributed by atoms with Crippen LogP contribution in [0.2, 0.25) is 0 Å². The van der Waals surface area contributed by atoms with E-state index in [0.29, 0.717) is 18.5 Å². The molecule has 3 amide bonds. The van der Waals surface area contributed by atoms with Gasteiger partial charge < -0.3 is 5.32 Å². The summed E-state index contributed by atoms with van der Waals surface area (Å²) in [6.07, 6.45) is 5.04. The standard InChI is InChI=1S/C21H26N2O3/c1-13(23-19(25)16-7-5-6-8-17(16)20(23)26)18(24)22-15-11-9-14(10-12-15)21(2,3)4/h5-6,9-13,16-17H,7-8H2,1-4H3,(H,22,24)/t13-,16+,17+/m0/s1. The molecule has 1 N–H and O–H groups in total. The lowest BCUT2D eigenvalue weighted by Gasteiger charge is -2.23. The fourth-order valence-corrected chi connectivity index (χ4v) is 3.63. The Bertz CT molecular complexity index is 732. The van der Waals surface area contributed by atoms with Crippen LogP contribution in [0, 0.1) is 11.8 Å². The molecular formula is C21H26N2O3. The number of amides is 3. The second-order valence-corrected chi connectivity index (χ2v) is 8.19. The highest BCUT2D eigenvalue weighted by molar-refractivity contribution is 6.10. The smallest absolute Gasteiger partial charge is 0.247 e. The van der Waals surface area contributed by atoms with Crippen LogP contribution in [0.1, 0.15) is 46.1 Å². The minimum absolute atomic E-state index is 0.0363. The molecule has 0 spiro atoms. The third-order valence-electron chi connectivity index (χ3n) is 5.33. The van der Waals surface area contributed by atoms with E-state index in [2.05, 4.69) is 26.1 Å². The topological polar surface area (TPSA) is 66.5 Å². The lowest BCUT2D eigenvalue weighted by Crippen LogP contribution is -2.46. The van der Waals surface area contributed by atoms with Gasteiger partial charge in [0, 0.05) is 5.69 Å². The third kappa shape index (κ3) is 3.30. The predicted molar refractivity (Wildman–Crippen MR) is 100 cm³/mol. The number of allylic oxidation sites excluding steroid dienone is 2. The van der Waals surface area contributed by atoms with Crippen LogP contribution in [-0.2, 0) is 19.8 Å². The summed E-state index contributed by atoms with van der Waals surface area (Å²) in [4.78, 5) is 38.9. The third-order valence-corrected chi connectivity index (χ3v) is 5.33. The summed E-state index contributed by atoms with van der Waals surface area (Å²) in [5.74, 6) is -1.42. The van der Waals surface area contributed by atoms with Crippen LogP contribution in [0.3, 0.4) is 0 Å². The summed E-state index contributed by atoms with van der Waals surface area (Å²) in [5, 5.41) is 2.82. The van der Waals surface area contributed by atoms with E-state index < -0.39 is 6.04 Å². The summed E-state index contributed by atoms with van der Waals surface area (Å²) in [5.41, 5.74) is 1.87. The number of fused-ring (bicyclic) bond motifs is 1. The molecule has 2 aliphatic rings. The highest BCUT2D eigenvalue weighted by Gasteiger charge is 2.50. The summed E-state index contributed by atoms with van der Waals surface area (Å²) in [7, 11) is 0. The van der Waals surface area contributed by atoms with Gasteiger partial charge in [-0.15, -0.1) is 0 Å². The summed E-state index contributed by atoms with van der Waals surface area (Å²) < 4.78 is 0. The van der Waals surface area contributed by atoms with E-state index >= 15 is 0 Å². The van der Waals surface area contributed by atoms with Gasteiger partial charge in [0.2, 0.25) is 17.7 Å². The normalized spacial score (nSPS) is 23.8. The Morgan fingerprint density at radius 2 is 1.54 bits per heavy atom. The van der Waals surface area contributed by atoms with E-state index in [4.69, 9.17) is 0 Å². The van der Waals surface area contributed by atoms with Crippen molar-refractivity contribution in [3.8, 4) is 0 Å². The molecule has 1 fully saturated rings. The Hall–Kier alpha value is -2.43. The molecule has 1 aromatic rings. The van der Waals surface area contributed by atoms with Crippen molar-refractivity contribution in [2.75, 3.05) is 5.32 Å². The number of carbonyl (C=O) groups excluding carboxylic acids is 3. The molecule has 26 heavy (non-hydrogen) atoms. The van der Waals surface area contributed by atoms with Crippen molar-refractivity contribution < 1.29 is 14.4 Å². The van der Waals surface area contributed by atoms with E-state index in [1.807, 2.05) is 36.4 Å². The number of anilines is 1. The molecule has 3 rings (SSSR count). The van der Waals surface area contributed by atoms with E-state index in [1.54, 1.807) is 6.92 Å². The van der Waals surface area contributed by atoms with Gasteiger partial charge in [-0.25, -0.2) is 0 Å². The molecule has 0 bridgehead atoms. The Labute approximate surface area is 154 Å².